The monoisotopic (exact) mass is 488 g/mol. The number of nitro benzene ring substituents is 1. The van der Waals surface area contributed by atoms with E-state index in [0.717, 1.165) is 37.5 Å². The summed E-state index contributed by atoms with van der Waals surface area (Å²) in [6.07, 6.45) is 1.92. The van der Waals surface area contributed by atoms with Crippen LogP contribution in [-0.2, 0) is 16.1 Å². The number of non-ortho nitro benzene ring substituents is 1. The van der Waals surface area contributed by atoms with Crippen LogP contribution in [0, 0.1) is 16.0 Å². The van der Waals surface area contributed by atoms with Crippen LogP contribution in [-0.4, -0.2) is 61.0 Å². The molecule has 1 fully saturated rings. The second-order valence-electron chi connectivity index (χ2n) is 8.38. The third kappa shape index (κ3) is 7.51. The van der Waals surface area contributed by atoms with Crippen LogP contribution in [0.5, 0.6) is 0 Å². The van der Waals surface area contributed by atoms with Crippen molar-refractivity contribution in [3.8, 4) is 0 Å². The second kappa shape index (κ2) is 12.5. The largest absolute Gasteiger partial charge is 0.382 e. The highest BCUT2D eigenvalue weighted by atomic mass is 35.5. The Hall–Kier alpha value is -3.01. The van der Waals surface area contributed by atoms with Crippen molar-refractivity contribution in [2.75, 3.05) is 33.4 Å². The maximum absolute atomic E-state index is 12.7. The Morgan fingerprint density at radius 2 is 1.91 bits per heavy atom. The van der Waals surface area contributed by atoms with Gasteiger partial charge < -0.3 is 15.4 Å². The molecule has 1 aliphatic rings. The Morgan fingerprint density at radius 1 is 1.21 bits per heavy atom. The van der Waals surface area contributed by atoms with E-state index in [9.17, 15) is 19.7 Å². The molecule has 0 aliphatic carbocycles. The molecule has 3 rings (SSSR count). The Balaban J connectivity index is 1.46. The molecule has 0 aromatic heterocycles. The van der Waals surface area contributed by atoms with Crippen LogP contribution < -0.4 is 10.6 Å². The van der Waals surface area contributed by atoms with E-state index in [2.05, 4.69) is 15.5 Å². The minimum absolute atomic E-state index is 0.00790. The first kappa shape index (κ1) is 25.6. The molecular weight excluding hydrogens is 460 g/mol. The minimum Gasteiger partial charge on any atom is -0.382 e. The van der Waals surface area contributed by atoms with Crippen molar-refractivity contribution in [1.82, 2.24) is 15.5 Å². The Kier molecular flexibility index (Phi) is 9.38. The van der Waals surface area contributed by atoms with E-state index in [1.54, 1.807) is 0 Å². The van der Waals surface area contributed by atoms with Gasteiger partial charge in [0.1, 0.15) is 6.04 Å². The highest BCUT2D eigenvalue weighted by Crippen LogP contribution is 2.19. The molecule has 34 heavy (non-hydrogen) atoms. The maximum atomic E-state index is 12.7. The smallest absolute Gasteiger partial charge is 0.270 e. The molecule has 1 heterocycles. The molecule has 10 heteroatoms. The summed E-state index contributed by atoms with van der Waals surface area (Å²) >= 11 is 5.95. The van der Waals surface area contributed by atoms with Gasteiger partial charge in [-0.25, -0.2) is 0 Å². The molecule has 1 unspecified atom stereocenters. The fraction of sp³-hybridized carbons (Fsp3) is 0.417. The molecule has 0 spiro atoms. The molecule has 2 aromatic rings. The number of ether oxygens (including phenoxy) is 1. The van der Waals surface area contributed by atoms with Crippen LogP contribution in [0.3, 0.4) is 0 Å². The minimum atomic E-state index is -0.901. The second-order valence-corrected chi connectivity index (χ2v) is 8.82. The number of hydrogen-bond donors (Lipinski definition) is 2. The number of halogens is 1. The fourth-order valence-corrected chi connectivity index (χ4v) is 4.04. The average molecular weight is 489 g/mol. The van der Waals surface area contributed by atoms with Gasteiger partial charge in [0.25, 0.3) is 11.6 Å². The van der Waals surface area contributed by atoms with Gasteiger partial charge in [-0.3, -0.25) is 24.6 Å². The molecule has 1 aliphatic heterocycles. The number of nitro groups is 1. The summed E-state index contributed by atoms with van der Waals surface area (Å²) in [7, 11) is 1.44. The topological polar surface area (TPSA) is 114 Å². The van der Waals surface area contributed by atoms with Gasteiger partial charge in [0.05, 0.1) is 11.5 Å². The predicted molar refractivity (Wildman–Crippen MR) is 129 cm³/mol. The molecule has 0 bridgehead atoms. The summed E-state index contributed by atoms with van der Waals surface area (Å²) in [5, 5.41) is 17.2. The number of carbonyl (C=O) groups is 2. The first-order valence-electron chi connectivity index (χ1n) is 11.1. The number of nitrogens with zero attached hydrogens (tertiary/aromatic N) is 2. The van der Waals surface area contributed by atoms with Gasteiger partial charge in [-0.2, -0.15) is 0 Å². The van der Waals surface area contributed by atoms with Crippen molar-refractivity contribution in [2.24, 2.45) is 5.92 Å². The lowest BCUT2D eigenvalue weighted by Crippen LogP contribution is -2.50. The molecular formula is C24H29ClN4O5. The summed E-state index contributed by atoms with van der Waals surface area (Å²) in [4.78, 5) is 38.0. The van der Waals surface area contributed by atoms with E-state index in [1.807, 2.05) is 24.3 Å². The maximum Gasteiger partial charge on any atom is 0.270 e. The number of methoxy groups -OCH3 is 1. The molecule has 2 amide bonds. The summed E-state index contributed by atoms with van der Waals surface area (Å²) in [6, 6.07) is 12.3. The fourth-order valence-electron chi connectivity index (χ4n) is 3.92. The number of piperidine rings is 1. The molecule has 0 saturated carbocycles. The van der Waals surface area contributed by atoms with Crippen molar-refractivity contribution >= 4 is 29.1 Å². The Bertz CT molecular complexity index is 993. The SMILES string of the molecule is COCC(NC(=O)c1cccc([N+](=O)[O-])c1)C(=O)NCC1CCN(Cc2ccc(Cl)cc2)CC1. The average Bonchev–Trinajstić information content (AvgIpc) is 2.84. The van der Waals surface area contributed by atoms with Crippen LogP contribution >= 0.6 is 11.6 Å². The van der Waals surface area contributed by atoms with Gasteiger partial charge in [-0.1, -0.05) is 29.8 Å². The number of likely N-dealkylation sites (tertiary alicyclic amines) is 1. The predicted octanol–water partition coefficient (Wildman–Crippen LogP) is 3.02. The van der Waals surface area contributed by atoms with Crippen molar-refractivity contribution in [3.05, 3.63) is 74.8 Å². The number of carbonyl (C=O) groups excluding carboxylic acids is 2. The first-order chi connectivity index (χ1) is 16.4. The zero-order valence-electron chi connectivity index (χ0n) is 19.0. The highest BCUT2D eigenvalue weighted by molar-refractivity contribution is 6.30. The zero-order chi connectivity index (χ0) is 24.5. The quantitative estimate of drug-likeness (QED) is 0.392. The van der Waals surface area contributed by atoms with Gasteiger partial charge >= 0.3 is 0 Å². The van der Waals surface area contributed by atoms with E-state index >= 15 is 0 Å². The third-order valence-electron chi connectivity index (χ3n) is 5.87. The lowest BCUT2D eigenvalue weighted by molar-refractivity contribution is -0.384. The highest BCUT2D eigenvalue weighted by Gasteiger charge is 2.24. The van der Waals surface area contributed by atoms with Crippen molar-refractivity contribution < 1.29 is 19.2 Å². The zero-order valence-corrected chi connectivity index (χ0v) is 19.8. The van der Waals surface area contributed by atoms with Gasteiger partial charge in [0, 0.05) is 42.9 Å². The van der Waals surface area contributed by atoms with E-state index < -0.39 is 16.9 Å². The number of nitrogens with one attached hydrogen (secondary N) is 2. The van der Waals surface area contributed by atoms with Gasteiger partial charge in [-0.15, -0.1) is 0 Å². The molecule has 1 atom stereocenters. The summed E-state index contributed by atoms with van der Waals surface area (Å²) in [6.45, 7) is 3.25. The lowest BCUT2D eigenvalue weighted by Gasteiger charge is -2.32. The van der Waals surface area contributed by atoms with Gasteiger partial charge in [0.15, 0.2) is 0 Å². The Labute approximate surface area is 203 Å². The lowest BCUT2D eigenvalue weighted by atomic mass is 9.96. The molecule has 182 valence electrons. The van der Waals surface area contributed by atoms with E-state index in [0.29, 0.717) is 12.5 Å². The standard InChI is InChI=1S/C24H29ClN4O5/c1-34-16-22(27-23(30)19-3-2-4-21(13-19)29(32)33)24(31)26-14-17-9-11-28(12-10-17)15-18-5-7-20(25)8-6-18/h2-8,13,17,22H,9-12,14-16H2,1H3,(H,26,31)(H,27,30). The van der Waals surface area contributed by atoms with Crippen LogP contribution in [0.2, 0.25) is 5.02 Å². The summed E-state index contributed by atoms with van der Waals surface area (Å²) in [5.41, 5.74) is 1.14. The number of amides is 2. The van der Waals surface area contributed by atoms with Crippen molar-refractivity contribution in [1.29, 1.82) is 0 Å². The van der Waals surface area contributed by atoms with Crippen molar-refractivity contribution in [2.45, 2.75) is 25.4 Å². The van der Waals surface area contributed by atoms with Crippen LogP contribution in [0.4, 0.5) is 5.69 Å². The summed E-state index contributed by atoms with van der Waals surface area (Å²) in [5.74, 6) is -0.568. The normalized spacial score (nSPS) is 15.5. The Morgan fingerprint density at radius 3 is 2.56 bits per heavy atom. The molecule has 0 radical (unpaired) electrons. The van der Waals surface area contributed by atoms with Crippen LogP contribution in [0.15, 0.2) is 48.5 Å². The first-order valence-corrected chi connectivity index (χ1v) is 11.5. The number of hydrogen-bond acceptors (Lipinski definition) is 6. The van der Waals surface area contributed by atoms with Gasteiger partial charge in [-0.05, 0) is 55.6 Å². The molecule has 9 nitrogen and oxygen atoms in total. The molecule has 2 aromatic carbocycles. The van der Waals surface area contributed by atoms with Crippen LogP contribution in [0.1, 0.15) is 28.8 Å². The molecule has 2 N–H and O–H groups in total. The van der Waals surface area contributed by atoms with E-state index in [-0.39, 0.29) is 23.8 Å². The number of rotatable bonds is 10. The third-order valence-corrected chi connectivity index (χ3v) is 6.12. The summed E-state index contributed by atoms with van der Waals surface area (Å²) < 4.78 is 5.09. The van der Waals surface area contributed by atoms with Crippen LogP contribution in [0.25, 0.3) is 0 Å². The van der Waals surface area contributed by atoms with E-state index in [1.165, 1.54) is 36.9 Å². The van der Waals surface area contributed by atoms with E-state index in [4.69, 9.17) is 16.3 Å². The molecule has 1 saturated heterocycles. The van der Waals surface area contributed by atoms with Crippen molar-refractivity contribution in [3.63, 3.8) is 0 Å². The van der Waals surface area contributed by atoms with Gasteiger partial charge in [0.2, 0.25) is 5.91 Å². The number of benzene rings is 2.